The van der Waals surface area contributed by atoms with Gasteiger partial charge >= 0.3 is 0 Å². The average molecular weight is 344 g/mol. The first-order chi connectivity index (χ1) is 10.0. The van der Waals surface area contributed by atoms with Crippen LogP contribution in [0.1, 0.15) is 30.1 Å². The van der Waals surface area contributed by atoms with Crippen LogP contribution < -0.4 is 10.9 Å². The van der Waals surface area contributed by atoms with Crippen LogP contribution in [0.15, 0.2) is 29.1 Å². The van der Waals surface area contributed by atoms with Crippen molar-refractivity contribution in [1.29, 1.82) is 0 Å². The highest BCUT2D eigenvalue weighted by molar-refractivity contribution is 6.41. The maximum Gasteiger partial charge on any atom is 0.248 e. The number of halogens is 3. The number of rotatable bonds is 2. The first-order valence-corrected chi connectivity index (χ1v) is 7.81. The molecule has 1 heterocycles. The molecule has 0 radical (unpaired) electrons. The molecule has 1 aliphatic carbocycles. The highest BCUT2D eigenvalue weighted by Crippen LogP contribution is 2.38. The molecule has 0 aliphatic heterocycles. The van der Waals surface area contributed by atoms with E-state index in [4.69, 9.17) is 34.8 Å². The van der Waals surface area contributed by atoms with Gasteiger partial charge < -0.3 is 10.3 Å². The highest BCUT2D eigenvalue weighted by atomic mass is 35.5. The van der Waals surface area contributed by atoms with E-state index in [1.165, 1.54) is 0 Å². The Morgan fingerprint density at radius 3 is 2.57 bits per heavy atom. The predicted molar refractivity (Wildman–Crippen MR) is 87.8 cm³/mol. The van der Waals surface area contributed by atoms with E-state index >= 15 is 0 Å². The van der Waals surface area contributed by atoms with E-state index in [1.54, 1.807) is 18.2 Å². The average Bonchev–Trinajstić information content (AvgIpc) is 2.42. The molecule has 3 nitrogen and oxygen atoms in total. The van der Waals surface area contributed by atoms with Crippen LogP contribution in [0.5, 0.6) is 0 Å². The van der Waals surface area contributed by atoms with Crippen LogP contribution in [0.3, 0.4) is 0 Å². The van der Waals surface area contributed by atoms with Gasteiger partial charge in [-0.05, 0) is 43.0 Å². The quantitative estimate of drug-likeness (QED) is 0.820. The van der Waals surface area contributed by atoms with Crippen molar-refractivity contribution >= 4 is 40.5 Å². The minimum atomic E-state index is -0.0723. The van der Waals surface area contributed by atoms with Crippen LogP contribution in [-0.2, 0) is 6.42 Å². The van der Waals surface area contributed by atoms with Gasteiger partial charge in [0.1, 0.15) is 0 Å². The molecule has 1 aromatic heterocycles. The second-order valence-electron chi connectivity index (χ2n) is 5.09. The van der Waals surface area contributed by atoms with Crippen molar-refractivity contribution in [2.45, 2.75) is 25.3 Å². The summed E-state index contributed by atoms with van der Waals surface area (Å²) in [6, 6.07) is 6.80. The molecule has 110 valence electrons. The van der Waals surface area contributed by atoms with Crippen LogP contribution >= 0.6 is 34.8 Å². The van der Waals surface area contributed by atoms with Crippen molar-refractivity contribution in [3.63, 3.8) is 0 Å². The van der Waals surface area contributed by atoms with E-state index in [9.17, 15) is 4.79 Å². The number of aryl methyl sites for hydroxylation is 1. The van der Waals surface area contributed by atoms with Crippen molar-refractivity contribution in [2.75, 3.05) is 5.32 Å². The number of benzene rings is 1. The maximum atomic E-state index is 11.4. The molecule has 2 N–H and O–H groups in total. The first kappa shape index (κ1) is 14.8. The molecule has 0 spiro atoms. The zero-order chi connectivity index (χ0) is 15.0. The Morgan fingerprint density at radius 2 is 1.86 bits per heavy atom. The summed E-state index contributed by atoms with van der Waals surface area (Å²) in [5, 5.41) is 4.86. The van der Waals surface area contributed by atoms with E-state index in [0.717, 1.165) is 30.5 Å². The number of nitrogens with one attached hydrogen (secondary N) is 2. The number of H-pyrrole nitrogens is 1. The number of hydrogen-bond acceptors (Lipinski definition) is 2. The monoisotopic (exact) mass is 342 g/mol. The summed E-state index contributed by atoms with van der Waals surface area (Å²) in [5.74, 6) is 0. The Balaban J connectivity index is 1.96. The number of aromatic nitrogens is 1. The third-order valence-corrected chi connectivity index (χ3v) is 4.47. The number of fused-ring (bicyclic) bond motifs is 1. The minimum absolute atomic E-state index is 0.0711. The predicted octanol–water partition coefficient (Wildman–Crippen LogP) is 4.82. The van der Waals surface area contributed by atoms with Crippen molar-refractivity contribution in [2.24, 2.45) is 0 Å². The lowest BCUT2D eigenvalue weighted by Gasteiger charge is -2.27. The van der Waals surface area contributed by atoms with Gasteiger partial charge in [0.05, 0.1) is 21.8 Å². The lowest BCUT2D eigenvalue weighted by Crippen LogP contribution is -2.21. The normalized spacial score (nSPS) is 17.4. The highest BCUT2D eigenvalue weighted by Gasteiger charge is 2.22. The zero-order valence-electron chi connectivity index (χ0n) is 11.1. The first-order valence-electron chi connectivity index (χ1n) is 6.68. The van der Waals surface area contributed by atoms with Gasteiger partial charge in [0.15, 0.2) is 0 Å². The number of pyridine rings is 1. The molecule has 0 saturated carbocycles. The van der Waals surface area contributed by atoms with Crippen molar-refractivity contribution in [1.82, 2.24) is 4.98 Å². The van der Waals surface area contributed by atoms with Gasteiger partial charge in [-0.3, -0.25) is 4.79 Å². The molecule has 0 bridgehead atoms. The van der Waals surface area contributed by atoms with Crippen LogP contribution in [0.4, 0.5) is 5.69 Å². The third kappa shape index (κ3) is 3.05. The SMILES string of the molecule is O=c1ccc2c([nH]1)CCCC2Nc1c(Cl)cc(Cl)cc1Cl. The number of aromatic amines is 1. The lowest BCUT2D eigenvalue weighted by molar-refractivity contribution is 0.587. The van der Waals surface area contributed by atoms with E-state index in [0.29, 0.717) is 20.8 Å². The fraction of sp³-hybridized carbons (Fsp3) is 0.267. The van der Waals surface area contributed by atoms with E-state index in [1.807, 2.05) is 6.07 Å². The van der Waals surface area contributed by atoms with Gasteiger partial charge in [-0.1, -0.05) is 34.8 Å². The molecule has 3 rings (SSSR count). The molecular weight excluding hydrogens is 331 g/mol. The van der Waals surface area contributed by atoms with Crippen LogP contribution in [-0.4, -0.2) is 4.98 Å². The van der Waals surface area contributed by atoms with Gasteiger partial charge in [-0.25, -0.2) is 0 Å². The molecular formula is C15H13Cl3N2O. The molecule has 0 fully saturated rings. The minimum Gasteiger partial charge on any atom is -0.376 e. The summed E-state index contributed by atoms with van der Waals surface area (Å²) < 4.78 is 0. The molecule has 21 heavy (non-hydrogen) atoms. The van der Waals surface area contributed by atoms with Gasteiger partial charge in [0, 0.05) is 16.8 Å². The molecule has 1 unspecified atom stereocenters. The molecule has 1 atom stereocenters. The molecule has 1 aliphatic rings. The summed E-state index contributed by atoms with van der Waals surface area (Å²) in [4.78, 5) is 14.3. The Morgan fingerprint density at radius 1 is 1.14 bits per heavy atom. The van der Waals surface area contributed by atoms with Crippen molar-refractivity contribution < 1.29 is 0 Å². The Hall–Kier alpha value is -1.16. The summed E-state index contributed by atoms with van der Waals surface area (Å²) >= 11 is 18.4. The topological polar surface area (TPSA) is 44.9 Å². The smallest absolute Gasteiger partial charge is 0.248 e. The van der Waals surface area contributed by atoms with Crippen LogP contribution in [0.25, 0.3) is 0 Å². The molecule has 1 aromatic carbocycles. The van der Waals surface area contributed by atoms with Crippen molar-refractivity contribution in [3.05, 3.63) is 60.9 Å². The second kappa shape index (κ2) is 5.91. The summed E-state index contributed by atoms with van der Waals surface area (Å²) in [6.07, 6.45) is 2.83. The van der Waals surface area contributed by atoms with Gasteiger partial charge in [0.2, 0.25) is 5.56 Å². The maximum absolute atomic E-state index is 11.4. The van der Waals surface area contributed by atoms with Gasteiger partial charge in [-0.15, -0.1) is 0 Å². The largest absolute Gasteiger partial charge is 0.376 e. The zero-order valence-corrected chi connectivity index (χ0v) is 13.3. The van der Waals surface area contributed by atoms with E-state index in [2.05, 4.69) is 10.3 Å². The molecule has 6 heteroatoms. The van der Waals surface area contributed by atoms with E-state index < -0.39 is 0 Å². The fourth-order valence-corrected chi connectivity index (χ4v) is 3.63. The van der Waals surface area contributed by atoms with Crippen LogP contribution in [0, 0.1) is 0 Å². The summed E-state index contributed by atoms with van der Waals surface area (Å²) in [7, 11) is 0. The standard InChI is InChI=1S/C15H13Cl3N2O/c16-8-6-10(17)15(11(18)7-8)20-13-3-1-2-12-9(13)4-5-14(21)19-12/h4-7,13,20H,1-3H2,(H,19,21). The van der Waals surface area contributed by atoms with Gasteiger partial charge in [0.25, 0.3) is 0 Å². The molecule has 0 saturated heterocycles. The third-order valence-electron chi connectivity index (χ3n) is 3.66. The summed E-state index contributed by atoms with van der Waals surface area (Å²) in [6.45, 7) is 0. The summed E-state index contributed by atoms with van der Waals surface area (Å²) in [5.41, 5.74) is 2.67. The number of anilines is 1. The second-order valence-corrected chi connectivity index (χ2v) is 6.34. The Labute approximate surface area is 137 Å². The number of hydrogen-bond donors (Lipinski definition) is 2. The Bertz CT molecular complexity index is 719. The molecule has 2 aromatic rings. The lowest BCUT2D eigenvalue weighted by atomic mass is 9.91. The van der Waals surface area contributed by atoms with Crippen molar-refractivity contribution in [3.8, 4) is 0 Å². The van der Waals surface area contributed by atoms with Crippen LogP contribution in [0.2, 0.25) is 15.1 Å². The Kier molecular flexibility index (Phi) is 4.16. The van der Waals surface area contributed by atoms with E-state index in [-0.39, 0.29) is 11.6 Å². The van der Waals surface area contributed by atoms with Gasteiger partial charge in [-0.2, -0.15) is 0 Å². The fourth-order valence-electron chi connectivity index (χ4n) is 2.70. The molecule has 0 amide bonds.